The van der Waals surface area contributed by atoms with Crippen LogP contribution in [-0.2, 0) is 6.54 Å². The Bertz CT molecular complexity index is 862. The second kappa shape index (κ2) is 7.47. The summed E-state index contributed by atoms with van der Waals surface area (Å²) in [5.74, 6) is 1.34. The van der Waals surface area contributed by atoms with E-state index >= 15 is 0 Å². The standard InChI is InChI=1S/C20H21N5O/c26-20(16-6-9-21-10-7-16)25-12-3-4-17(14-25)19-23-11-13-24(19)15-18-5-1-2-8-22-18/h1-2,5-11,13,17H,3-4,12,14-15H2. The van der Waals surface area contributed by atoms with Crippen LogP contribution in [0.1, 0.15) is 40.6 Å². The molecule has 3 aromatic heterocycles. The van der Waals surface area contributed by atoms with Crippen LogP contribution in [0.3, 0.4) is 0 Å². The lowest BCUT2D eigenvalue weighted by molar-refractivity contribution is 0.0703. The smallest absolute Gasteiger partial charge is 0.253 e. The lowest BCUT2D eigenvalue weighted by Gasteiger charge is -2.32. The maximum Gasteiger partial charge on any atom is 0.253 e. The molecule has 132 valence electrons. The van der Waals surface area contributed by atoms with E-state index in [2.05, 4.69) is 19.5 Å². The number of hydrogen-bond acceptors (Lipinski definition) is 4. The number of piperidine rings is 1. The van der Waals surface area contributed by atoms with Gasteiger partial charge in [-0.15, -0.1) is 0 Å². The Morgan fingerprint density at radius 3 is 2.77 bits per heavy atom. The monoisotopic (exact) mass is 347 g/mol. The number of imidazole rings is 1. The molecule has 1 amide bonds. The highest BCUT2D eigenvalue weighted by Crippen LogP contribution is 2.27. The molecule has 6 nitrogen and oxygen atoms in total. The van der Waals surface area contributed by atoms with Crippen LogP contribution in [0.2, 0.25) is 0 Å². The van der Waals surface area contributed by atoms with Gasteiger partial charge in [0.15, 0.2) is 0 Å². The Morgan fingerprint density at radius 2 is 1.96 bits per heavy atom. The Labute approximate surface area is 152 Å². The molecule has 0 radical (unpaired) electrons. The molecule has 1 saturated heterocycles. The third-order valence-corrected chi connectivity index (χ3v) is 4.81. The molecule has 0 aromatic carbocycles. The van der Waals surface area contributed by atoms with Gasteiger partial charge in [-0.25, -0.2) is 4.98 Å². The molecular formula is C20H21N5O. The maximum atomic E-state index is 12.8. The molecule has 0 saturated carbocycles. The summed E-state index contributed by atoms with van der Waals surface area (Å²) in [5.41, 5.74) is 1.70. The van der Waals surface area contributed by atoms with Gasteiger partial charge in [-0.1, -0.05) is 6.07 Å². The first-order chi connectivity index (χ1) is 12.8. The van der Waals surface area contributed by atoms with Gasteiger partial charge in [0, 0.05) is 55.6 Å². The molecule has 1 fully saturated rings. The Hall–Kier alpha value is -3.02. The van der Waals surface area contributed by atoms with Crippen molar-refractivity contribution in [3.8, 4) is 0 Å². The van der Waals surface area contributed by atoms with Gasteiger partial charge in [-0.2, -0.15) is 0 Å². The number of nitrogens with zero attached hydrogens (tertiary/aromatic N) is 5. The van der Waals surface area contributed by atoms with E-state index in [0.717, 1.165) is 30.9 Å². The molecule has 26 heavy (non-hydrogen) atoms. The van der Waals surface area contributed by atoms with Gasteiger partial charge in [0.1, 0.15) is 5.82 Å². The summed E-state index contributed by atoms with van der Waals surface area (Å²) >= 11 is 0. The first-order valence-electron chi connectivity index (χ1n) is 8.91. The number of carbonyl (C=O) groups excluding carboxylic acids is 1. The number of likely N-dealkylation sites (tertiary alicyclic amines) is 1. The average Bonchev–Trinajstić information content (AvgIpc) is 3.17. The maximum absolute atomic E-state index is 12.8. The topological polar surface area (TPSA) is 63.9 Å². The van der Waals surface area contributed by atoms with Crippen molar-refractivity contribution in [2.75, 3.05) is 13.1 Å². The van der Waals surface area contributed by atoms with Gasteiger partial charge in [-0.3, -0.25) is 14.8 Å². The van der Waals surface area contributed by atoms with E-state index in [0.29, 0.717) is 18.7 Å². The van der Waals surface area contributed by atoms with Crippen molar-refractivity contribution in [1.82, 2.24) is 24.4 Å². The fraction of sp³-hybridized carbons (Fsp3) is 0.300. The van der Waals surface area contributed by atoms with Crippen LogP contribution >= 0.6 is 0 Å². The number of pyridine rings is 2. The molecule has 1 unspecified atom stereocenters. The highest BCUT2D eigenvalue weighted by molar-refractivity contribution is 5.94. The van der Waals surface area contributed by atoms with Crippen molar-refractivity contribution in [3.05, 3.63) is 78.4 Å². The average molecular weight is 347 g/mol. The van der Waals surface area contributed by atoms with Gasteiger partial charge < -0.3 is 9.47 Å². The molecule has 0 aliphatic carbocycles. The van der Waals surface area contributed by atoms with Crippen LogP contribution in [-0.4, -0.2) is 43.4 Å². The van der Waals surface area contributed by atoms with Crippen molar-refractivity contribution in [1.29, 1.82) is 0 Å². The Kier molecular flexibility index (Phi) is 4.73. The highest BCUT2D eigenvalue weighted by atomic mass is 16.2. The van der Waals surface area contributed by atoms with Gasteiger partial charge in [-0.05, 0) is 37.1 Å². The number of aromatic nitrogens is 4. The summed E-state index contributed by atoms with van der Waals surface area (Å²) in [6, 6.07) is 9.47. The zero-order valence-corrected chi connectivity index (χ0v) is 14.5. The Balaban J connectivity index is 1.50. The SMILES string of the molecule is O=C(c1ccncc1)N1CCCC(c2nccn2Cc2ccccn2)C1. The van der Waals surface area contributed by atoms with Gasteiger partial charge >= 0.3 is 0 Å². The van der Waals surface area contributed by atoms with Crippen LogP contribution in [0.15, 0.2) is 61.3 Å². The second-order valence-electron chi connectivity index (χ2n) is 6.56. The molecule has 6 heteroatoms. The van der Waals surface area contributed by atoms with Crippen molar-refractivity contribution < 1.29 is 4.79 Å². The van der Waals surface area contributed by atoms with Crippen LogP contribution in [0, 0.1) is 0 Å². The number of rotatable bonds is 4. The normalized spacial score (nSPS) is 17.2. The van der Waals surface area contributed by atoms with E-state index in [-0.39, 0.29) is 11.8 Å². The van der Waals surface area contributed by atoms with Crippen LogP contribution in [0.4, 0.5) is 0 Å². The third kappa shape index (κ3) is 3.49. The minimum absolute atomic E-state index is 0.0694. The van der Waals surface area contributed by atoms with Gasteiger partial charge in [0.05, 0.1) is 12.2 Å². The van der Waals surface area contributed by atoms with E-state index in [9.17, 15) is 4.79 Å². The predicted octanol–water partition coefficient (Wildman–Crippen LogP) is 2.74. The fourth-order valence-corrected chi connectivity index (χ4v) is 3.53. The molecule has 0 bridgehead atoms. The summed E-state index contributed by atoms with van der Waals surface area (Å²) in [4.78, 5) is 27.7. The molecule has 3 aromatic rings. The van der Waals surface area contributed by atoms with Crippen molar-refractivity contribution in [2.24, 2.45) is 0 Å². The molecule has 1 atom stereocenters. The molecule has 0 N–H and O–H groups in total. The quantitative estimate of drug-likeness (QED) is 0.728. The number of amides is 1. The first-order valence-corrected chi connectivity index (χ1v) is 8.91. The van der Waals surface area contributed by atoms with E-state index in [1.807, 2.05) is 41.7 Å². The fourth-order valence-electron chi connectivity index (χ4n) is 3.53. The molecule has 0 spiro atoms. The lowest BCUT2D eigenvalue weighted by atomic mass is 9.96. The van der Waals surface area contributed by atoms with Crippen LogP contribution < -0.4 is 0 Å². The molecule has 1 aliphatic heterocycles. The lowest BCUT2D eigenvalue weighted by Crippen LogP contribution is -2.39. The van der Waals surface area contributed by atoms with Crippen LogP contribution in [0.25, 0.3) is 0 Å². The first kappa shape index (κ1) is 16.4. The van der Waals surface area contributed by atoms with Gasteiger partial charge in [0.25, 0.3) is 5.91 Å². The van der Waals surface area contributed by atoms with Crippen molar-refractivity contribution >= 4 is 5.91 Å². The minimum Gasteiger partial charge on any atom is -0.338 e. The van der Waals surface area contributed by atoms with E-state index in [4.69, 9.17) is 0 Å². The molecule has 4 heterocycles. The predicted molar refractivity (Wildman–Crippen MR) is 97.7 cm³/mol. The highest BCUT2D eigenvalue weighted by Gasteiger charge is 2.28. The summed E-state index contributed by atoms with van der Waals surface area (Å²) in [5, 5.41) is 0. The van der Waals surface area contributed by atoms with E-state index in [1.165, 1.54) is 0 Å². The summed E-state index contributed by atoms with van der Waals surface area (Å²) in [7, 11) is 0. The Morgan fingerprint density at radius 1 is 1.08 bits per heavy atom. The zero-order valence-electron chi connectivity index (χ0n) is 14.5. The van der Waals surface area contributed by atoms with Crippen molar-refractivity contribution in [3.63, 3.8) is 0 Å². The largest absolute Gasteiger partial charge is 0.338 e. The zero-order chi connectivity index (χ0) is 17.8. The minimum atomic E-state index is 0.0694. The molecule has 1 aliphatic rings. The number of hydrogen-bond donors (Lipinski definition) is 0. The number of carbonyl (C=O) groups is 1. The molecular weight excluding hydrogens is 326 g/mol. The molecule has 4 rings (SSSR count). The summed E-state index contributed by atoms with van der Waals surface area (Å²) in [6.45, 7) is 2.18. The van der Waals surface area contributed by atoms with Crippen molar-refractivity contribution in [2.45, 2.75) is 25.3 Å². The van der Waals surface area contributed by atoms with E-state index in [1.54, 1.807) is 24.5 Å². The summed E-state index contributed by atoms with van der Waals surface area (Å²) in [6.07, 6.45) is 11.0. The van der Waals surface area contributed by atoms with E-state index < -0.39 is 0 Å². The second-order valence-corrected chi connectivity index (χ2v) is 6.56. The third-order valence-electron chi connectivity index (χ3n) is 4.81. The van der Waals surface area contributed by atoms with Crippen LogP contribution in [0.5, 0.6) is 0 Å². The van der Waals surface area contributed by atoms with Gasteiger partial charge in [0.2, 0.25) is 0 Å². The summed E-state index contributed by atoms with van der Waals surface area (Å²) < 4.78 is 2.15.